The molecule has 6 rings (SSSR count). The third-order valence-corrected chi connectivity index (χ3v) is 12.1. The molecule has 5 fully saturated rings. The Morgan fingerprint density at radius 1 is 1.12 bits per heavy atom. The Labute approximate surface area is 207 Å². The van der Waals surface area contributed by atoms with Crippen LogP contribution in [0.15, 0.2) is 11.1 Å². The van der Waals surface area contributed by atoms with Crippen molar-refractivity contribution in [1.82, 2.24) is 10.0 Å². The lowest BCUT2D eigenvalue weighted by Gasteiger charge is -2.54. The molecule has 2 heterocycles. The van der Waals surface area contributed by atoms with Crippen molar-refractivity contribution in [3.05, 3.63) is 11.1 Å². The lowest BCUT2D eigenvalue weighted by molar-refractivity contribution is -0.0647. The highest BCUT2D eigenvalue weighted by Gasteiger charge is 2.57. The van der Waals surface area contributed by atoms with Gasteiger partial charge in [-0.1, -0.05) is 25.0 Å². The Morgan fingerprint density at radius 3 is 2.74 bits per heavy atom. The normalized spacial score (nSPS) is 50.9. The average molecular weight is 491 g/mol. The van der Waals surface area contributed by atoms with Crippen molar-refractivity contribution >= 4 is 10.0 Å². The van der Waals surface area contributed by atoms with E-state index in [1.807, 2.05) is 0 Å². The van der Waals surface area contributed by atoms with Gasteiger partial charge in [0.1, 0.15) is 0 Å². The van der Waals surface area contributed by atoms with Crippen molar-refractivity contribution in [1.29, 1.82) is 0 Å². The van der Waals surface area contributed by atoms with E-state index in [2.05, 4.69) is 30.8 Å². The van der Waals surface area contributed by atoms with Crippen LogP contribution in [0.3, 0.4) is 0 Å². The topological polar surface area (TPSA) is 67.4 Å². The van der Waals surface area contributed by atoms with Crippen LogP contribution in [0, 0.1) is 35.0 Å². The first-order valence-corrected chi connectivity index (χ1v) is 16.0. The van der Waals surface area contributed by atoms with Crippen molar-refractivity contribution in [2.75, 3.05) is 12.8 Å². The van der Waals surface area contributed by atoms with Gasteiger partial charge in [-0.15, -0.1) is 0 Å². The quantitative estimate of drug-likeness (QED) is 0.547. The zero-order valence-corrected chi connectivity index (χ0v) is 22.6. The summed E-state index contributed by atoms with van der Waals surface area (Å²) in [5.41, 5.74) is 3.88. The maximum Gasteiger partial charge on any atom is 0.208 e. The van der Waals surface area contributed by atoms with Gasteiger partial charge in [-0.25, -0.2) is 13.1 Å². The Hall–Kier alpha value is -0.430. The van der Waals surface area contributed by atoms with E-state index in [-0.39, 0.29) is 11.6 Å². The van der Waals surface area contributed by atoms with Gasteiger partial charge in [0.15, 0.2) is 0 Å². The van der Waals surface area contributed by atoms with Crippen LogP contribution in [0.1, 0.15) is 91.4 Å². The highest BCUT2D eigenvalue weighted by molar-refractivity contribution is 7.88. The van der Waals surface area contributed by atoms with Crippen LogP contribution in [0.4, 0.5) is 0 Å². The van der Waals surface area contributed by atoms with E-state index in [0.717, 1.165) is 49.5 Å². The molecule has 0 aromatic carbocycles. The molecule has 4 aliphatic carbocycles. The van der Waals surface area contributed by atoms with Crippen LogP contribution >= 0.6 is 0 Å². The van der Waals surface area contributed by atoms with Crippen molar-refractivity contribution in [2.45, 2.75) is 115 Å². The fraction of sp³-hybridized carbons (Fsp3) is 0.929. The molecule has 2 saturated heterocycles. The molecule has 10 atom stereocenters. The minimum atomic E-state index is -3.12. The summed E-state index contributed by atoms with van der Waals surface area (Å²) in [6.45, 7) is 8.49. The molecule has 6 aliphatic rings. The Kier molecular flexibility index (Phi) is 5.84. The van der Waals surface area contributed by atoms with Gasteiger partial charge in [0.2, 0.25) is 10.0 Å². The van der Waals surface area contributed by atoms with E-state index in [1.54, 1.807) is 11.1 Å². The van der Waals surface area contributed by atoms with E-state index in [1.165, 1.54) is 57.6 Å². The third-order valence-electron chi connectivity index (χ3n) is 11.4. The SMILES string of the molecule is CC1=C2CC3C(CCC4CC(NS(C)(=O)=O)CCC43C)C2CCC2(C1)C[C@@H]1NCC(C)C[C@H]1O2. The third kappa shape index (κ3) is 4.03. The van der Waals surface area contributed by atoms with Crippen molar-refractivity contribution in [2.24, 2.45) is 35.0 Å². The molecule has 5 nitrogen and oxygen atoms in total. The van der Waals surface area contributed by atoms with Gasteiger partial charge >= 0.3 is 0 Å². The molecular weight excluding hydrogens is 444 g/mol. The predicted molar refractivity (Wildman–Crippen MR) is 136 cm³/mol. The highest BCUT2D eigenvalue weighted by Crippen LogP contribution is 2.65. The van der Waals surface area contributed by atoms with Crippen molar-refractivity contribution in [3.63, 3.8) is 0 Å². The number of hydrogen-bond acceptors (Lipinski definition) is 4. The Balaban J connectivity index is 1.20. The molecular formula is C28H46N2O3S. The summed E-state index contributed by atoms with van der Waals surface area (Å²) in [6.07, 6.45) is 14.9. The second-order valence-electron chi connectivity index (χ2n) is 13.6. The second-order valence-corrected chi connectivity index (χ2v) is 15.4. The molecule has 192 valence electrons. The van der Waals surface area contributed by atoms with Gasteiger partial charge in [0, 0.05) is 12.1 Å². The highest BCUT2D eigenvalue weighted by atomic mass is 32.2. The van der Waals surface area contributed by atoms with Crippen LogP contribution in [-0.2, 0) is 14.8 Å². The standard InChI is InChI=1S/C28H46N2O3S/c1-17-11-26-25(29-16-17)15-28(33-26)10-8-21-22-6-5-19-12-20(30-34(4,31)32)7-9-27(19,3)24(22)13-23(21)18(2)14-28/h17,19-22,24-26,29-30H,5-16H2,1-4H3/t17?,19?,20?,21?,22?,24?,25-,26+,27?,28?/m0/s1. The predicted octanol–water partition coefficient (Wildman–Crippen LogP) is 4.78. The minimum Gasteiger partial charge on any atom is -0.370 e. The molecule has 0 aromatic heterocycles. The molecule has 2 N–H and O–H groups in total. The molecule has 0 radical (unpaired) electrons. The van der Waals surface area contributed by atoms with E-state index in [9.17, 15) is 8.42 Å². The lowest BCUT2D eigenvalue weighted by Crippen LogP contribution is -2.50. The van der Waals surface area contributed by atoms with E-state index >= 15 is 0 Å². The van der Waals surface area contributed by atoms with Gasteiger partial charge < -0.3 is 10.1 Å². The largest absolute Gasteiger partial charge is 0.370 e. The maximum atomic E-state index is 11.8. The Bertz CT molecular complexity index is 963. The number of ether oxygens (including phenoxy) is 1. The summed E-state index contributed by atoms with van der Waals surface area (Å²) in [4.78, 5) is 0. The number of fused-ring (bicyclic) bond motifs is 6. The fourth-order valence-corrected chi connectivity index (χ4v) is 10.7. The summed E-state index contributed by atoms with van der Waals surface area (Å²) in [6, 6.07) is 0.696. The number of piperidine rings is 1. The summed E-state index contributed by atoms with van der Waals surface area (Å²) in [5.74, 6) is 3.74. The summed E-state index contributed by atoms with van der Waals surface area (Å²) in [7, 11) is -3.12. The van der Waals surface area contributed by atoms with E-state index < -0.39 is 10.0 Å². The molecule has 0 amide bonds. The second kappa shape index (κ2) is 8.29. The molecule has 6 heteroatoms. The van der Waals surface area contributed by atoms with Gasteiger partial charge in [-0.2, -0.15) is 0 Å². The van der Waals surface area contributed by atoms with Crippen LogP contribution in [0.25, 0.3) is 0 Å². The monoisotopic (exact) mass is 490 g/mol. The molecule has 0 bridgehead atoms. The molecule has 8 unspecified atom stereocenters. The molecule has 0 aromatic rings. The van der Waals surface area contributed by atoms with Crippen LogP contribution < -0.4 is 10.0 Å². The smallest absolute Gasteiger partial charge is 0.208 e. The molecule has 34 heavy (non-hydrogen) atoms. The molecule has 3 saturated carbocycles. The summed E-state index contributed by atoms with van der Waals surface area (Å²) < 4.78 is 33.5. The van der Waals surface area contributed by atoms with Gasteiger partial charge in [-0.3, -0.25) is 0 Å². The summed E-state index contributed by atoms with van der Waals surface area (Å²) in [5, 5.41) is 3.80. The summed E-state index contributed by atoms with van der Waals surface area (Å²) >= 11 is 0. The fourth-order valence-electron chi connectivity index (χ4n) is 9.85. The van der Waals surface area contributed by atoms with Gasteiger partial charge in [-0.05, 0) is 119 Å². The Morgan fingerprint density at radius 2 is 1.94 bits per heavy atom. The van der Waals surface area contributed by atoms with Gasteiger partial charge in [0.25, 0.3) is 0 Å². The lowest BCUT2D eigenvalue weighted by atomic mass is 9.52. The average Bonchev–Trinajstić information content (AvgIpc) is 3.26. The van der Waals surface area contributed by atoms with E-state index in [4.69, 9.17) is 4.74 Å². The van der Waals surface area contributed by atoms with Crippen LogP contribution in [0.5, 0.6) is 0 Å². The number of hydrogen-bond donors (Lipinski definition) is 2. The zero-order valence-electron chi connectivity index (χ0n) is 21.7. The van der Waals surface area contributed by atoms with Crippen molar-refractivity contribution < 1.29 is 13.2 Å². The number of nitrogens with one attached hydrogen (secondary N) is 2. The molecule has 2 aliphatic heterocycles. The van der Waals surface area contributed by atoms with Crippen LogP contribution in [0.2, 0.25) is 0 Å². The first kappa shape index (κ1) is 23.9. The molecule has 1 spiro atoms. The number of allylic oxidation sites excluding steroid dienone is 1. The first-order chi connectivity index (χ1) is 16.1. The van der Waals surface area contributed by atoms with Crippen LogP contribution in [-0.4, -0.2) is 45.0 Å². The van der Waals surface area contributed by atoms with Gasteiger partial charge in [0.05, 0.1) is 18.0 Å². The first-order valence-electron chi connectivity index (χ1n) is 14.1. The zero-order chi connectivity index (χ0) is 23.9. The minimum absolute atomic E-state index is 0.0692. The number of sulfonamides is 1. The maximum absolute atomic E-state index is 11.8. The van der Waals surface area contributed by atoms with E-state index in [0.29, 0.717) is 23.5 Å². The van der Waals surface area contributed by atoms with Crippen molar-refractivity contribution in [3.8, 4) is 0 Å². The number of rotatable bonds is 2.